The van der Waals surface area contributed by atoms with E-state index in [9.17, 15) is 13.2 Å². The van der Waals surface area contributed by atoms with Crippen molar-refractivity contribution in [3.05, 3.63) is 11.4 Å². The molecule has 0 bridgehead atoms. The first-order valence-corrected chi connectivity index (χ1v) is 9.54. The largest absolute Gasteiger partial charge is 0.351 e. The molecule has 118 valence electrons. The van der Waals surface area contributed by atoms with Crippen LogP contribution >= 0.6 is 10.7 Å². The van der Waals surface area contributed by atoms with Crippen LogP contribution in [0.15, 0.2) is 4.90 Å². The number of carbonyl (C=O) groups is 1. The summed E-state index contributed by atoms with van der Waals surface area (Å²) in [5.41, 5.74) is 0.249. The fraction of sp³-hybridized carbons (Fsp3) is 0.692. The number of nitrogens with one attached hydrogen (secondary N) is 2. The third-order valence-corrected chi connectivity index (χ3v) is 5.20. The maximum atomic E-state index is 12.1. The number of aromatic amines is 1. The third-order valence-electron chi connectivity index (χ3n) is 3.81. The molecule has 8 heteroatoms. The lowest BCUT2D eigenvalue weighted by molar-refractivity contribution is 0.0940. The molecular formula is C13H20ClN3O3S. The van der Waals surface area contributed by atoms with Crippen LogP contribution in [0, 0.1) is 5.92 Å². The lowest BCUT2D eigenvalue weighted by Gasteiger charge is -2.25. The Morgan fingerprint density at radius 2 is 2.19 bits per heavy atom. The number of H-pyrrole nitrogens is 1. The Kier molecular flexibility index (Phi) is 5.27. The summed E-state index contributed by atoms with van der Waals surface area (Å²) in [6, 6.07) is 0. The number of aromatic nitrogens is 2. The number of carbonyl (C=O) groups excluding carboxylic acids is 1. The van der Waals surface area contributed by atoms with Crippen molar-refractivity contribution >= 4 is 25.6 Å². The van der Waals surface area contributed by atoms with E-state index in [0.717, 1.165) is 12.8 Å². The van der Waals surface area contributed by atoms with Crippen molar-refractivity contribution in [3.8, 4) is 0 Å². The van der Waals surface area contributed by atoms with E-state index in [1.807, 2.05) is 6.92 Å². The maximum absolute atomic E-state index is 12.1. The highest BCUT2D eigenvalue weighted by Crippen LogP contribution is 2.29. The van der Waals surface area contributed by atoms with Crippen molar-refractivity contribution in [1.82, 2.24) is 15.5 Å². The Labute approximate surface area is 129 Å². The normalized spacial score (nSPS) is 15.7. The molecule has 1 aliphatic rings. The van der Waals surface area contributed by atoms with Gasteiger partial charge in [-0.15, -0.1) is 0 Å². The molecule has 6 nitrogen and oxygen atoms in total. The molecule has 1 fully saturated rings. The summed E-state index contributed by atoms with van der Waals surface area (Å²) in [7, 11) is 1.43. The number of amides is 1. The summed E-state index contributed by atoms with van der Waals surface area (Å²) in [6.45, 7) is 2.44. The maximum Gasteiger partial charge on any atom is 0.273 e. The van der Waals surface area contributed by atoms with E-state index in [4.69, 9.17) is 10.7 Å². The van der Waals surface area contributed by atoms with Crippen molar-refractivity contribution < 1.29 is 13.2 Å². The molecule has 2 rings (SSSR count). The Morgan fingerprint density at radius 1 is 1.48 bits per heavy atom. The molecule has 2 N–H and O–H groups in total. The first-order valence-electron chi connectivity index (χ1n) is 7.23. The molecule has 1 aliphatic carbocycles. The van der Waals surface area contributed by atoms with Gasteiger partial charge in [0.15, 0.2) is 5.69 Å². The minimum absolute atomic E-state index is 0.137. The molecule has 1 heterocycles. The van der Waals surface area contributed by atoms with Gasteiger partial charge in [0.1, 0.15) is 4.90 Å². The number of rotatable bonds is 7. The Bertz CT molecular complexity index is 608. The second-order valence-electron chi connectivity index (χ2n) is 5.41. The van der Waals surface area contributed by atoms with Crippen LogP contribution in [0.5, 0.6) is 0 Å². The average Bonchev–Trinajstić information content (AvgIpc) is 2.76. The van der Waals surface area contributed by atoms with Gasteiger partial charge in [-0.05, 0) is 18.8 Å². The average molecular weight is 334 g/mol. The number of nitrogens with zero attached hydrogens (tertiary/aromatic N) is 1. The zero-order valence-corrected chi connectivity index (χ0v) is 13.6. The summed E-state index contributed by atoms with van der Waals surface area (Å²) in [5, 5.41) is 9.16. The van der Waals surface area contributed by atoms with Gasteiger partial charge in [-0.3, -0.25) is 9.89 Å². The van der Waals surface area contributed by atoms with Crippen LogP contribution in [0.2, 0.25) is 0 Å². The van der Waals surface area contributed by atoms with Gasteiger partial charge in [-0.25, -0.2) is 8.42 Å². The fourth-order valence-corrected chi connectivity index (χ4v) is 3.77. The van der Waals surface area contributed by atoms with Crippen LogP contribution in [0.1, 0.15) is 55.2 Å². The van der Waals surface area contributed by atoms with E-state index >= 15 is 0 Å². The molecule has 21 heavy (non-hydrogen) atoms. The van der Waals surface area contributed by atoms with Gasteiger partial charge in [0.05, 0.1) is 5.69 Å². The fourth-order valence-electron chi connectivity index (χ4n) is 2.46. The third kappa shape index (κ3) is 3.97. The topological polar surface area (TPSA) is 91.9 Å². The monoisotopic (exact) mass is 333 g/mol. The molecule has 0 spiro atoms. The van der Waals surface area contributed by atoms with E-state index < -0.39 is 15.0 Å². The summed E-state index contributed by atoms with van der Waals surface area (Å²) < 4.78 is 23.4. The van der Waals surface area contributed by atoms with E-state index in [0.29, 0.717) is 24.6 Å². The van der Waals surface area contributed by atoms with Gasteiger partial charge in [0.25, 0.3) is 15.0 Å². The number of hydrogen-bond acceptors (Lipinski definition) is 4. The highest BCUT2D eigenvalue weighted by atomic mass is 35.7. The molecular weight excluding hydrogens is 314 g/mol. The van der Waals surface area contributed by atoms with Crippen LogP contribution in [0.4, 0.5) is 0 Å². The zero-order valence-electron chi connectivity index (χ0n) is 12.0. The molecule has 0 aromatic carbocycles. The van der Waals surface area contributed by atoms with Gasteiger partial charge in [0, 0.05) is 17.2 Å². The molecule has 1 aromatic rings. The number of halogens is 1. The highest BCUT2D eigenvalue weighted by molar-refractivity contribution is 8.13. The molecule has 0 aliphatic heterocycles. The second-order valence-corrected chi connectivity index (χ2v) is 7.91. The van der Waals surface area contributed by atoms with Gasteiger partial charge in [-0.2, -0.15) is 5.10 Å². The van der Waals surface area contributed by atoms with Gasteiger partial charge >= 0.3 is 0 Å². The van der Waals surface area contributed by atoms with Gasteiger partial charge in [0.2, 0.25) is 0 Å². The van der Waals surface area contributed by atoms with E-state index in [1.54, 1.807) is 0 Å². The van der Waals surface area contributed by atoms with Crippen LogP contribution in [-0.2, 0) is 15.5 Å². The summed E-state index contributed by atoms with van der Waals surface area (Å²) in [5.74, 6) is 0.184. The second kappa shape index (κ2) is 6.79. The Hall–Kier alpha value is -1.08. The molecule has 0 atom stereocenters. The van der Waals surface area contributed by atoms with Crippen molar-refractivity contribution in [2.45, 2.75) is 50.3 Å². The van der Waals surface area contributed by atoms with Crippen molar-refractivity contribution in [3.63, 3.8) is 0 Å². The standard InChI is InChI=1S/C13H20ClN3O3S/c1-2-4-10-12(21(14,19)20)11(17-16-10)13(18)15-8-7-9-5-3-6-9/h9H,2-8H2,1H3,(H,15,18)(H,16,17). The molecule has 1 aromatic heterocycles. The summed E-state index contributed by atoms with van der Waals surface area (Å²) >= 11 is 0. The van der Waals surface area contributed by atoms with Crippen molar-refractivity contribution in [2.24, 2.45) is 5.92 Å². The number of hydrogen-bond donors (Lipinski definition) is 2. The zero-order chi connectivity index (χ0) is 15.5. The lowest BCUT2D eigenvalue weighted by atomic mass is 9.83. The van der Waals surface area contributed by atoms with Crippen LogP contribution in [0.25, 0.3) is 0 Å². The summed E-state index contributed by atoms with van der Waals surface area (Å²) in [4.78, 5) is 11.9. The molecule has 1 saturated carbocycles. The Balaban J connectivity index is 2.08. The Morgan fingerprint density at radius 3 is 2.71 bits per heavy atom. The van der Waals surface area contributed by atoms with Gasteiger partial charge < -0.3 is 5.32 Å². The predicted octanol–water partition coefficient (Wildman–Crippen LogP) is 2.21. The molecule has 1 amide bonds. The lowest BCUT2D eigenvalue weighted by Crippen LogP contribution is -2.28. The molecule has 0 radical (unpaired) electrons. The number of aryl methyl sites for hydroxylation is 1. The van der Waals surface area contributed by atoms with Crippen molar-refractivity contribution in [1.29, 1.82) is 0 Å². The first kappa shape index (κ1) is 16.3. The van der Waals surface area contributed by atoms with E-state index in [1.165, 1.54) is 19.3 Å². The first-order chi connectivity index (χ1) is 9.93. The van der Waals surface area contributed by atoms with Crippen LogP contribution in [0.3, 0.4) is 0 Å². The van der Waals surface area contributed by atoms with Crippen LogP contribution in [-0.4, -0.2) is 31.1 Å². The van der Waals surface area contributed by atoms with E-state index in [2.05, 4.69) is 15.5 Å². The smallest absolute Gasteiger partial charge is 0.273 e. The summed E-state index contributed by atoms with van der Waals surface area (Å²) in [6.07, 6.45) is 5.79. The highest BCUT2D eigenvalue weighted by Gasteiger charge is 2.28. The predicted molar refractivity (Wildman–Crippen MR) is 79.9 cm³/mol. The SMILES string of the molecule is CCCc1[nH]nc(C(=O)NCCC2CCC2)c1S(=O)(=O)Cl. The van der Waals surface area contributed by atoms with Crippen molar-refractivity contribution in [2.75, 3.05) is 6.54 Å². The van der Waals surface area contributed by atoms with Gasteiger partial charge in [-0.1, -0.05) is 32.6 Å². The van der Waals surface area contributed by atoms with E-state index in [-0.39, 0.29) is 10.6 Å². The minimum Gasteiger partial charge on any atom is -0.351 e. The van der Waals surface area contributed by atoms with Crippen LogP contribution < -0.4 is 5.32 Å². The molecule has 0 saturated heterocycles. The molecule has 0 unspecified atom stereocenters. The quantitative estimate of drug-likeness (QED) is 0.748. The minimum atomic E-state index is -4.01.